The van der Waals surface area contributed by atoms with Gasteiger partial charge in [0, 0.05) is 17.3 Å². The summed E-state index contributed by atoms with van der Waals surface area (Å²) in [6.45, 7) is 4.46. The van der Waals surface area contributed by atoms with Crippen LogP contribution in [-0.4, -0.2) is 17.1 Å². The zero-order valence-electron chi connectivity index (χ0n) is 14.9. The van der Waals surface area contributed by atoms with Crippen molar-refractivity contribution in [1.82, 2.24) is 9.97 Å². The highest BCUT2D eigenvalue weighted by molar-refractivity contribution is 5.65. The maximum Gasteiger partial charge on any atom is 0.134 e. The quantitative estimate of drug-likeness (QED) is 0.682. The minimum Gasteiger partial charge on any atom is -0.497 e. The number of nitrogens with zero attached hydrogens (tertiary/aromatic N) is 2. The third-order valence-corrected chi connectivity index (χ3v) is 3.92. The Morgan fingerprint density at radius 2 is 1.68 bits per heavy atom. The summed E-state index contributed by atoms with van der Waals surface area (Å²) in [5.74, 6) is 2.25. The van der Waals surface area contributed by atoms with E-state index in [1.165, 1.54) is 5.56 Å². The molecule has 3 aromatic rings. The van der Waals surface area contributed by atoms with Crippen molar-refractivity contribution in [2.24, 2.45) is 5.92 Å². The zero-order valence-corrected chi connectivity index (χ0v) is 14.9. The minimum atomic E-state index is 0.658. The van der Waals surface area contributed by atoms with Gasteiger partial charge in [0.1, 0.15) is 17.9 Å². The Labute approximate surface area is 148 Å². The predicted molar refractivity (Wildman–Crippen MR) is 102 cm³/mol. The van der Waals surface area contributed by atoms with Crippen LogP contribution in [0.3, 0.4) is 0 Å². The average molecular weight is 333 g/mol. The first-order valence-corrected chi connectivity index (χ1v) is 8.46. The van der Waals surface area contributed by atoms with Crippen molar-refractivity contribution in [1.29, 1.82) is 0 Å². The van der Waals surface area contributed by atoms with Crippen LogP contribution in [0.5, 0.6) is 5.75 Å². The third-order valence-electron chi connectivity index (χ3n) is 3.92. The molecule has 128 valence electrons. The molecule has 2 aromatic carbocycles. The minimum absolute atomic E-state index is 0.658. The van der Waals surface area contributed by atoms with Crippen LogP contribution >= 0.6 is 0 Å². The normalized spacial score (nSPS) is 10.7. The summed E-state index contributed by atoms with van der Waals surface area (Å²) >= 11 is 0. The first-order valence-electron chi connectivity index (χ1n) is 8.46. The smallest absolute Gasteiger partial charge is 0.134 e. The van der Waals surface area contributed by atoms with Gasteiger partial charge in [-0.15, -0.1) is 0 Å². The monoisotopic (exact) mass is 333 g/mol. The summed E-state index contributed by atoms with van der Waals surface area (Å²) in [6.07, 6.45) is 2.68. The molecular formula is C21H23N3O. The van der Waals surface area contributed by atoms with Gasteiger partial charge in [-0.25, -0.2) is 9.97 Å². The second-order valence-corrected chi connectivity index (χ2v) is 6.44. The van der Waals surface area contributed by atoms with Crippen molar-refractivity contribution >= 4 is 11.5 Å². The van der Waals surface area contributed by atoms with Gasteiger partial charge in [-0.2, -0.15) is 0 Å². The van der Waals surface area contributed by atoms with Crippen LogP contribution in [0.1, 0.15) is 19.4 Å². The summed E-state index contributed by atoms with van der Waals surface area (Å²) < 4.78 is 5.18. The van der Waals surface area contributed by atoms with Gasteiger partial charge in [0.05, 0.1) is 12.8 Å². The van der Waals surface area contributed by atoms with Crippen LogP contribution in [0.4, 0.5) is 11.5 Å². The van der Waals surface area contributed by atoms with Crippen molar-refractivity contribution in [2.45, 2.75) is 20.3 Å². The number of nitrogens with one attached hydrogen (secondary N) is 1. The molecule has 0 unspecified atom stereocenters. The van der Waals surface area contributed by atoms with Crippen LogP contribution in [0.15, 0.2) is 60.9 Å². The van der Waals surface area contributed by atoms with Gasteiger partial charge >= 0.3 is 0 Å². The Morgan fingerprint density at radius 3 is 2.32 bits per heavy atom. The Balaban J connectivity index is 1.76. The van der Waals surface area contributed by atoms with Crippen molar-refractivity contribution in [3.63, 3.8) is 0 Å². The van der Waals surface area contributed by atoms with Crippen LogP contribution in [0.25, 0.3) is 11.3 Å². The summed E-state index contributed by atoms with van der Waals surface area (Å²) in [4.78, 5) is 8.70. The van der Waals surface area contributed by atoms with Gasteiger partial charge in [-0.3, -0.25) is 0 Å². The molecule has 0 bridgehead atoms. The maximum atomic E-state index is 5.18. The molecule has 0 fully saturated rings. The second-order valence-electron chi connectivity index (χ2n) is 6.44. The lowest BCUT2D eigenvalue weighted by Crippen LogP contribution is -1.96. The fourth-order valence-corrected chi connectivity index (χ4v) is 2.69. The predicted octanol–water partition coefficient (Wildman–Crippen LogP) is 5.09. The molecule has 1 N–H and O–H groups in total. The first kappa shape index (κ1) is 17.0. The van der Waals surface area contributed by atoms with Crippen molar-refractivity contribution < 1.29 is 4.74 Å². The van der Waals surface area contributed by atoms with Gasteiger partial charge in [0.25, 0.3) is 0 Å². The number of benzene rings is 2. The fourth-order valence-electron chi connectivity index (χ4n) is 2.69. The van der Waals surface area contributed by atoms with E-state index in [9.17, 15) is 0 Å². The molecule has 1 aromatic heterocycles. The zero-order chi connectivity index (χ0) is 17.6. The van der Waals surface area contributed by atoms with E-state index in [0.717, 1.165) is 34.9 Å². The van der Waals surface area contributed by atoms with E-state index in [-0.39, 0.29) is 0 Å². The van der Waals surface area contributed by atoms with E-state index in [1.807, 2.05) is 30.3 Å². The molecule has 0 saturated heterocycles. The van der Waals surface area contributed by atoms with E-state index in [0.29, 0.717) is 5.92 Å². The van der Waals surface area contributed by atoms with Crippen molar-refractivity contribution in [3.05, 3.63) is 66.5 Å². The molecule has 0 aliphatic rings. The number of hydrogen-bond acceptors (Lipinski definition) is 4. The van der Waals surface area contributed by atoms with Gasteiger partial charge in [-0.05, 0) is 42.2 Å². The molecule has 0 atom stereocenters. The SMILES string of the molecule is COc1ccc(Nc2cc(-c3ccc(CC(C)C)cc3)ncn2)cc1. The lowest BCUT2D eigenvalue weighted by Gasteiger charge is -2.09. The van der Waals surface area contributed by atoms with Crippen LogP contribution in [-0.2, 0) is 6.42 Å². The molecule has 0 aliphatic carbocycles. The van der Waals surface area contributed by atoms with Crippen LogP contribution < -0.4 is 10.1 Å². The second kappa shape index (κ2) is 7.79. The Bertz CT molecular complexity index is 811. The molecule has 3 rings (SSSR count). The van der Waals surface area contributed by atoms with Gasteiger partial charge < -0.3 is 10.1 Å². The van der Waals surface area contributed by atoms with E-state index >= 15 is 0 Å². The molecule has 0 saturated carbocycles. The molecule has 1 heterocycles. The number of aromatic nitrogens is 2. The largest absolute Gasteiger partial charge is 0.497 e. The lowest BCUT2D eigenvalue weighted by molar-refractivity contribution is 0.415. The van der Waals surface area contributed by atoms with Gasteiger partial charge in [0.15, 0.2) is 0 Å². The maximum absolute atomic E-state index is 5.18. The van der Waals surface area contributed by atoms with Crippen molar-refractivity contribution in [2.75, 3.05) is 12.4 Å². The molecule has 4 nitrogen and oxygen atoms in total. The van der Waals surface area contributed by atoms with Crippen molar-refractivity contribution in [3.8, 4) is 17.0 Å². The molecule has 0 spiro atoms. The molecular weight excluding hydrogens is 310 g/mol. The summed E-state index contributed by atoms with van der Waals surface area (Å²) in [7, 11) is 1.66. The average Bonchev–Trinajstić information content (AvgIpc) is 2.63. The molecule has 25 heavy (non-hydrogen) atoms. The van der Waals surface area contributed by atoms with E-state index in [2.05, 4.69) is 53.4 Å². The Kier molecular flexibility index (Phi) is 5.29. The lowest BCUT2D eigenvalue weighted by atomic mass is 10.0. The van der Waals surface area contributed by atoms with E-state index in [4.69, 9.17) is 4.74 Å². The van der Waals surface area contributed by atoms with E-state index in [1.54, 1.807) is 13.4 Å². The summed E-state index contributed by atoms with van der Waals surface area (Å²) in [6, 6.07) is 18.3. The summed E-state index contributed by atoms with van der Waals surface area (Å²) in [5.41, 5.74) is 4.30. The Morgan fingerprint density at radius 1 is 0.960 bits per heavy atom. The highest BCUT2D eigenvalue weighted by Gasteiger charge is 2.04. The fraction of sp³-hybridized carbons (Fsp3) is 0.238. The van der Waals surface area contributed by atoms with Crippen LogP contribution in [0, 0.1) is 5.92 Å². The van der Waals surface area contributed by atoms with Gasteiger partial charge in [0.2, 0.25) is 0 Å². The van der Waals surface area contributed by atoms with Crippen LogP contribution in [0.2, 0.25) is 0 Å². The number of hydrogen-bond donors (Lipinski definition) is 1. The van der Waals surface area contributed by atoms with Gasteiger partial charge in [-0.1, -0.05) is 38.1 Å². The number of methoxy groups -OCH3 is 1. The first-order chi connectivity index (χ1) is 12.1. The molecule has 0 radical (unpaired) electrons. The number of anilines is 2. The highest BCUT2D eigenvalue weighted by atomic mass is 16.5. The third kappa shape index (κ3) is 4.57. The standard InChI is InChI=1S/C21H23N3O/c1-15(2)12-16-4-6-17(7-5-16)20-13-21(23-14-22-20)24-18-8-10-19(25-3)11-9-18/h4-11,13-15H,12H2,1-3H3,(H,22,23,24). The molecule has 4 heteroatoms. The Hall–Kier alpha value is -2.88. The number of ether oxygens (including phenoxy) is 1. The topological polar surface area (TPSA) is 47.0 Å². The summed E-state index contributed by atoms with van der Waals surface area (Å²) in [5, 5.41) is 3.30. The molecule has 0 amide bonds. The van der Waals surface area contributed by atoms with E-state index < -0.39 is 0 Å². The number of rotatable bonds is 6. The highest BCUT2D eigenvalue weighted by Crippen LogP contribution is 2.23. The molecule has 0 aliphatic heterocycles.